The molecule has 0 spiro atoms. The average molecular weight is 467 g/mol. The molecule has 0 saturated carbocycles. The molecule has 6 rings (SSSR count). The van der Waals surface area contributed by atoms with Crippen molar-refractivity contribution in [3.63, 3.8) is 0 Å². The van der Waals surface area contributed by atoms with E-state index in [-0.39, 0.29) is 17.4 Å². The van der Waals surface area contributed by atoms with Crippen LogP contribution in [0.1, 0.15) is 6.92 Å². The highest BCUT2D eigenvalue weighted by Crippen LogP contribution is 2.24. The Bertz CT molecular complexity index is 769. The third-order valence-electron chi connectivity index (χ3n) is 5.99. The van der Waals surface area contributed by atoms with Crippen molar-refractivity contribution in [2.75, 3.05) is 44.6 Å². The highest BCUT2D eigenvalue weighted by Gasteiger charge is 2.57. The number of carbonyl (C=O) groups excluding carboxylic acids is 1. The molecule has 1 amide bonds. The minimum Gasteiger partial charge on any atom is -0.272 e. The molecule has 4 bridgehead atoms. The van der Waals surface area contributed by atoms with Gasteiger partial charge in [0, 0.05) is 9.78 Å². The maximum absolute atomic E-state index is 12.9. The molecular formula is C18H24IN6O+3. The summed E-state index contributed by atoms with van der Waals surface area (Å²) in [6.07, 6.45) is 1.89. The van der Waals surface area contributed by atoms with E-state index < -0.39 is 0 Å². The predicted molar refractivity (Wildman–Crippen MR) is 107 cm³/mol. The second-order valence-corrected chi connectivity index (χ2v) is 9.40. The molecular weight excluding hydrogens is 443 g/mol. The monoisotopic (exact) mass is 467 g/mol. The fraction of sp³-hybridized carbons (Fsp3) is 0.500. The largest absolute Gasteiger partial charge is 0.272 e. The summed E-state index contributed by atoms with van der Waals surface area (Å²) in [7, 11) is 0. The zero-order chi connectivity index (χ0) is 17.9. The third-order valence-corrected chi connectivity index (χ3v) is 6.71. The van der Waals surface area contributed by atoms with Gasteiger partial charge in [-0.05, 0) is 53.8 Å². The second kappa shape index (κ2) is 6.08. The first-order valence-corrected chi connectivity index (χ1v) is 10.3. The Kier molecular flexibility index (Phi) is 3.93. The smallest absolute Gasteiger partial charge is 0.261 e. The maximum Gasteiger partial charge on any atom is 0.261 e. The fourth-order valence-electron chi connectivity index (χ4n) is 5.09. The first-order chi connectivity index (χ1) is 12.5. The number of aliphatic imine (C=N–C) groups is 1. The van der Waals surface area contributed by atoms with Crippen molar-refractivity contribution in [2.45, 2.75) is 12.5 Å². The first-order valence-electron chi connectivity index (χ1n) is 9.22. The van der Waals surface area contributed by atoms with Crippen LogP contribution in [-0.4, -0.2) is 63.0 Å². The van der Waals surface area contributed by atoms with E-state index in [9.17, 15) is 4.79 Å². The highest BCUT2D eigenvalue weighted by atomic mass is 127. The average Bonchev–Trinajstić information content (AvgIpc) is 2.87. The van der Waals surface area contributed by atoms with E-state index >= 15 is 0 Å². The maximum atomic E-state index is 12.9. The molecule has 5 aliphatic heterocycles. The van der Waals surface area contributed by atoms with Crippen molar-refractivity contribution in [3.05, 3.63) is 27.8 Å². The van der Waals surface area contributed by atoms with Gasteiger partial charge in [0.25, 0.3) is 5.91 Å². The van der Waals surface area contributed by atoms with Gasteiger partial charge in [-0.1, -0.05) is 0 Å². The molecule has 4 saturated heterocycles. The molecule has 5 heterocycles. The van der Waals surface area contributed by atoms with Gasteiger partial charge in [0.15, 0.2) is 0 Å². The van der Waals surface area contributed by atoms with Crippen LogP contribution in [0.3, 0.4) is 0 Å². The molecule has 4 fully saturated rings. The van der Waals surface area contributed by atoms with E-state index in [2.05, 4.69) is 27.7 Å². The number of hydrazone groups is 1. The van der Waals surface area contributed by atoms with Gasteiger partial charge in [0.05, 0.1) is 11.4 Å². The molecule has 0 unspecified atom stereocenters. The summed E-state index contributed by atoms with van der Waals surface area (Å²) >= 11 is 2.26. The van der Waals surface area contributed by atoms with Crippen molar-refractivity contribution >= 4 is 46.1 Å². The Labute approximate surface area is 166 Å². The molecule has 1 atom stereocenters. The molecule has 0 aliphatic carbocycles. The summed E-state index contributed by atoms with van der Waals surface area (Å²) in [6.45, 7) is 8.93. The zero-order valence-corrected chi connectivity index (χ0v) is 17.0. The van der Waals surface area contributed by atoms with Gasteiger partial charge in [-0.25, -0.2) is 14.7 Å². The van der Waals surface area contributed by atoms with E-state index in [1.807, 2.05) is 37.4 Å². The lowest BCUT2D eigenvalue weighted by atomic mass is 9.91. The van der Waals surface area contributed by atoms with Gasteiger partial charge in [-0.15, -0.1) is 0 Å². The van der Waals surface area contributed by atoms with Crippen molar-refractivity contribution in [2.24, 2.45) is 16.0 Å². The molecule has 1 aromatic rings. The summed E-state index contributed by atoms with van der Waals surface area (Å²) in [6, 6.07) is 7.88. The van der Waals surface area contributed by atoms with Crippen molar-refractivity contribution in [1.29, 1.82) is 0 Å². The van der Waals surface area contributed by atoms with Gasteiger partial charge in [0.1, 0.15) is 25.6 Å². The first kappa shape index (κ1) is 16.8. The summed E-state index contributed by atoms with van der Waals surface area (Å²) in [4.78, 5) is 22.9. The number of carbonyl (C=O) groups is 1. The van der Waals surface area contributed by atoms with E-state index in [0.29, 0.717) is 0 Å². The second-order valence-electron chi connectivity index (χ2n) is 8.16. The molecule has 8 heteroatoms. The Balaban J connectivity index is 1.36. The van der Waals surface area contributed by atoms with Gasteiger partial charge in [0.2, 0.25) is 25.5 Å². The number of nitrogens with one attached hydrogen (secondary N) is 3. The molecule has 3 N–H and O–H groups in total. The number of halogens is 1. The Hall–Kier alpha value is -1.36. The van der Waals surface area contributed by atoms with Crippen molar-refractivity contribution in [1.82, 2.24) is 0 Å². The zero-order valence-electron chi connectivity index (χ0n) is 14.8. The summed E-state index contributed by atoms with van der Waals surface area (Å²) in [5.74, 6) is -0.326. The van der Waals surface area contributed by atoms with Crippen LogP contribution >= 0.6 is 22.6 Å². The van der Waals surface area contributed by atoms with E-state index in [4.69, 9.17) is 4.99 Å². The van der Waals surface area contributed by atoms with Crippen LogP contribution in [0.5, 0.6) is 0 Å². The number of hydrogen-bond donors (Lipinski definition) is 3. The Morgan fingerprint density at radius 1 is 1.15 bits per heavy atom. The van der Waals surface area contributed by atoms with Crippen LogP contribution in [0.15, 0.2) is 34.4 Å². The van der Waals surface area contributed by atoms with Crippen LogP contribution in [-0.2, 0) is 4.79 Å². The van der Waals surface area contributed by atoms with Gasteiger partial charge in [-0.3, -0.25) is 9.79 Å². The number of amides is 1. The van der Waals surface area contributed by atoms with Crippen LogP contribution in [0.2, 0.25) is 0 Å². The molecule has 0 aromatic heterocycles. The highest BCUT2D eigenvalue weighted by molar-refractivity contribution is 14.1. The number of hydrogen-bond acceptors (Lipinski definition) is 3. The quantitative estimate of drug-likeness (QED) is 0.323. The van der Waals surface area contributed by atoms with Crippen molar-refractivity contribution < 1.29 is 19.5 Å². The SMILES string of the molecule is CC1=NN(c2ccc(I)cc2)C(=O)[C@H]1C=NC12C[NH+]3C[NH+](C[NH+](C3)C1)C2. The molecule has 5 aliphatic rings. The minimum atomic E-state index is -0.331. The normalized spacial score (nSPS) is 38.5. The summed E-state index contributed by atoms with van der Waals surface area (Å²) in [5, 5.41) is 6.03. The number of quaternary nitrogens is 3. The number of nitrogens with zero attached hydrogens (tertiary/aromatic N) is 3. The molecule has 1 aromatic carbocycles. The Morgan fingerprint density at radius 2 is 1.73 bits per heavy atom. The van der Waals surface area contributed by atoms with E-state index in [0.717, 1.165) is 34.6 Å². The summed E-state index contributed by atoms with van der Waals surface area (Å²) in [5.41, 5.74) is 1.66. The lowest BCUT2D eigenvalue weighted by Crippen LogP contribution is -3.56. The standard InChI is InChI=1S/C18H21IN6O/c1-13-16(17(26)25(21-13)15-4-2-14(19)3-5-15)6-20-18-7-22-10-23(8-18)12-24(9-18)11-22/h2-6,16H,7-12H2,1H3/p+3/t16-/m0/s1. The number of benzene rings is 1. The third kappa shape index (κ3) is 2.79. The topological polar surface area (TPSA) is 58.3 Å². The lowest BCUT2D eigenvalue weighted by Gasteiger charge is -2.50. The molecule has 136 valence electrons. The minimum absolute atomic E-state index is 0.00476. The van der Waals surface area contributed by atoms with Crippen molar-refractivity contribution in [3.8, 4) is 0 Å². The van der Waals surface area contributed by atoms with E-state index in [1.165, 1.54) is 25.0 Å². The molecule has 0 radical (unpaired) electrons. The van der Waals surface area contributed by atoms with Gasteiger partial charge < -0.3 is 0 Å². The Morgan fingerprint density at radius 3 is 2.31 bits per heavy atom. The van der Waals surface area contributed by atoms with E-state index in [1.54, 1.807) is 14.7 Å². The summed E-state index contributed by atoms with van der Waals surface area (Å²) < 4.78 is 1.14. The van der Waals surface area contributed by atoms with Gasteiger partial charge in [-0.2, -0.15) is 10.1 Å². The molecule has 7 nitrogen and oxygen atoms in total. The van der Waals surface area contributed by atoms with Crippen LogP contribution in [0.4, 0.5) is 5.69 Å². The van der Waals surface area contributed by atoms with Crippen LogP contribution in [0.25, 0.3) is 0 Å². The fourth-order valence-corrected chi connectivity index (χ4v) is 5.45. The predicted octanol–water partition coefficient (Wildman–Crippen LogP) is -2.99. The van der Waals surface area contributed by atoms with Gasteiger partial charge >= 0.3 is 0 Å². The number of rotatable bonds is 3. The molecule has 26 heavy (non-hydrogen) atoms. The lowest BCUT2D eigenvalue weighted by molar-refractivity contribution is -1.29. The number of anilines is 1. The van der Waals surface area contributed by atoms with Crippen LogP contribution in [0, 0.1) is 9.49 Å². The van der Waals surface area contributed by atoms with Crippen LogP contribution < -0.4 is 19.7 Å².